The standard InChI is InChI=1S/C49H31N3O2/c1-2-11-30(12-3-1)33-15-8-16-34(27-33)35-25-26-42-40(29-35)46-39(19-10-22-44(46)54-42)49-51-47(36-24-23-31-13-4-5-14-32(31)28-36)50-48(52-49)38-18-9-21-43-45(38)37-17-6-7-20-41(37)53-43/h1-29,48H,(H,50,51,52). The van der Waals surface area contributed by atoms with Crippen LogP contribution in [-0.4, -0.2) is 11.7 Å². The smallest absolute Gasteiger partial charge is 0.160 e. The normalized spacial score (nSPS) is 14.5. The molecule has 1 aliphatic heterocycles. The minimum atomic E-state index is -0.437. The number of furan rings is 2. The zero-order valence-electron chi connectivity index (χ0n) is 29.0. The van der Waals surface area contributed by atoms with Gasteiger partial charge < -0.3 is 14.2 Å². The number of hydrogen-bond acceptors (Lipinski definition) is 5. The van der Waals surface area contributed by atoms with Gasteiger partial charge in [0.15, 0.2) is 5.84 Å². The molecule has 1 atom stereocenters. The summed E-state index contributed by atoms with van der Waals surface area (Å²) in [6.45, 7) is 0. The zero-order chi connectivity index (χ0) is 35.6. The Kier molecular flexibility index (Phi) is 6.85. The van der Waals surface area contributed by atoms with Crippen LogP contribution in [0.25, 0.3) is 76.9 Å². The van der Waals surface area contributed by atoms with Crippen molar-refractivity contribution >= 4 is 66.3 Å². The second-order valence-corrected chi connectivity index (χ2v) is 13.8. The van der Waals surface area contributed by atoms with Gasteiger partial charge in [0.2, 0.25) is 0 Å². The fraction of sp³-hybridized carbons (Fsp3) is 0.0204. The Morgan fingerprint density at radius 1 is 0.426 bits per heavy atom. The van der Waals surface area contributed by atoms with Crippen molar-refractivity contribution in [1.29, 1.82) is 0 Å². The molecule has 11 rings (SSSR count). The maximum Gasteiger partial charge on any atom is 0.160 e. The molecule has 2 aromatic heterocycles. The van der Waals surface area contributed by atoms with Crippen LogP contribution in [0.4, 0.5) is 0 Å². The number of rotatable bonds is 5. The molecule has 0 saturated heterocycles. The molecular formula is C49H31N3O2. The lowest BCUT2D eigenvalue weighted by molar-refractivity contribution is 0.662. The third-order valence-electron chi connectivity index (χ3n) is 10.5. The van der Waals surface area contributed by atoms with Crippen LogP contribution in [0.1, 0.15) is 22.9 Å². The van der Waals surface area contributed by atoms with Crippen LogP contribution < -0.4 is 5.32 Å². The van der Waals surface area contributed by atoms with Crippen LogP contribution >= 0.6 is 0 Å². The summed E-state index contributed by atoms with van der Waals surface area (Å²) < 4.78 is 12.8. The molecule has 0 amide bonds. The van der Waals surface area contributed by atoms with Crippen molar-refractivity contribution < 1.29 is 8.83 Å². The average Bonchev–Trinajstić information content (AvgIpc) is 3.82. The fourth-order valence-electron chi connectivity index (χ4n) is 7.94. The van der Waals surface area contributed by atoms with Crippen LogP contribution in [0.3, 0.4) is 0 Å². The van der Waals surface area contributed by atoms with Gasteiger partial charge in [0.05, 0.1) is 0 Å². The molecule has 0 fully saturated rings. The molecular weight excluding hydrogens is 663 g/mol. The molecule has 5 nitrogen and oxygen atoms in total. The highest BCUT2D eigenvalue weighted by Crippen LogP contribution is 2.39. The first-order valence-electron chi connectivity index (χ1n) is 18.2. The monoisotopic (exact) mass is 693 g/mol. The predicted octanol–water partition coefficient (Wildman–Crippen LogP) is 12.5. The second-order valence-electron chi connectivity index (χ2n) is 13.8. The molecule has 1 N–H and O–H groups in total. The van der Waals surface area contributed by atoms with Crippen molar-refractivity contribution in [1.82, 2.24) is 5.32 Å². The van der Waals surface area contributed by atoms with Gasteiger partial charge >= 0.3 is 0 Å². The summed E-state index contributed by atoms with van der Waals surface area (Å²) in [6, 6.07) is 61.1. The van der Waals surface area contributed by atoms with E-state index in [0.717, 1.165) is 82.9 Å². The van der Waals surface area contributed by atoms with Crippen molar-refractivity contribution in [2.75, 3.05) is 0 Å². The topological polar surface area (TPSA) is 63.0 Å². The van der Waals surface area contributed by atoms with Crippen molar-refractivity contribution in [2.24, 2.45) is 9.98 Å². The van der Waals surface area contributed by atoms with E-state index >= 15 is 0 Å². The molecule has 5 heteroatoms. The summed E-state index contributed by atoms with van der Waals surface area (Å²) in [5.74, 6) is 1.39. The number of aliphatic imine (C=N–C) groups is 2. The molecule has 1 unspecified atom stereocenters. The minimum absolute atomic E-state index is 0.437. The van der Waals surface area contributed by atoms with Gasteiger partial charge in [0, 0.05) is 38.2 Å². The largest absolute Gasteiger partial charge is 0.456 e. The number of nitrogens with zero attached hydrogens (tertiary/aromatic N) is 2. The highest BCUT2D eigenvalue weighted by molar-refractivity contribution is 6.22. The number of amidine groups is 2. The molecule has 0 saturated carbocycles. The molecule has 8 aromatic carbocycles. The molecule has 1 aliphatic rings. The number of para-hydroxylation sites is 1. The minimum Gasteiger partial charge on any atom is -0.456 e. The van der Waals surface area contributed by atoms with Gasteiger partial charge in [-0.2, -0.15) is 0 Å². The second kappa shape index (κ2) is 12.2. The van der Waals surface area contributed by atoms with Crippen LogP contribution in [-0.2, 0) is 0 Å². The molecule has 254 valence electrons. The highest BCUT2D eigenvalue weighted by Gasteiger charge is 2.26. The van der Waals surface area contributed by atoms with E-state index in [1.807, 2.05) is 42.5 Å². The summed E-state index contributed by atoms with van der Waals surface area (Å²) in [6.07, 6.45) is -0.437. The van der Waals surface area contributed by atoms with Crippen LogP contribution in [0, 0.1) is 0 Å². The zero-order valence-corrected chi connectivity index (χ0v) is 29.0. The van der Waals surface area contributed by atoms with Crippen LogP contribution in [0.5, 0.6) is 0 Å². The van der Waals surface area contributed by atoms with Gasteiger partial charge in [-0.1, -0.05) is 133 Å². The van der Waals surface area contributed by atoms with E-state index in [4.69, 9.17) is 18.8 Å². The summed E-state index contributed by atoms with van der Waals surface area (Å²) in [4.78, 5) is 10.7. The number of fused-ring (bicyclic) bond motifs is 7. The van der Waals surface area contributed by atoms with E-state index in [0.29, 0.717) is 5.84 Å². The van der Waals surface area contributed by atoms with Crippen molar-refractivity contribution in [3.8, 4) is 22.3 Å². The van der Waals surface area contributed by atoms with E-state index in [2.05, 4.69) is 139 Å². The lowest BCUT2D eigenvalue weighted by Gasteiger charge is -2.24. The third-order valence-corrected chi connectivity index (χ3v) is 10.5. The van der Waals surface area contributed by atoms with E-state index in [1.54, 1.807) is 0 Å². The maximum absolute atomic E-state index is 6.50. The molecule has 0 aliphatic carbocycles. The van der Waals surface area contributed by atoms with E-state index in [9.17, 15) is 0 Å². The first kappa shape index (κ1) is 30.4. The summed E-state index contributed by atoms with van der Waals surface area (Å²) >= 11 is 0. The Labute approximate surface area is 310 Å². The summed E-state index contributed by atoms with van der Waals surface area (Å²) in [5.41, 5.74) is 10.8. The van der Waals surface area contributed by atoms with E-state index < -0.39 is 6.17 Å². The Hall–Kier alpha value is -7.24. The van der Waals surface area contributed by atoms with E-state index in [-0.39, 0.29) is 0 Å². The average molecular weight is 694 g/mol. The van der Waals surface area contributed by atoms with E-state index in [1.165, 1.54) is 16.5 Å². The fourth-order valence-corrected chi connectivity index (χ4v) is 7.94. The highest BCUT2D eigenvalue weighted by atomic mass is 16.3. The molecule has 10 aromatic rings. The number of benzene rings is 8. The Bertz CT molecular complexity index is 3150. The van der Waals surface area contributed by atoms with Gasteiger partial charge in [0.1, 0.15) is 34.3 Å². The number of hydrogen-bond donors (Lipinski definition) is 1. The number of nitrogens with one attached hydrogen (secondary N) is 1. The predicted molar refractivity (Wildman–Crippen MR) is 221 cm³/mol. The van der Waals surface area contributed by atoms with Crippen molar-refractivity contribution in [2.45, 2.75) is 6.17 Å². The van der Waals surface area contributed by atoms with Crippen molar-refractivity contribution in [3.05, 3.63) is 193 Å². The molecule has 0 spiro atoms. The third kappa shape index (κ3) is 5.01. The van der Waals surface area contributed by atoms with Gasteiger partial charge in [-0.15, -0.1) is 0 Å². The van der Waals surface area contributed by atoms with Gasteiger partial charge in [-0.3, -0.25) is 0 Å². The van der Waals surface area contributed by atoms with Crippen LogP contribution in [0.2, 0.25) is 0 Å². The molecule has 0 radical (unpaired) electrons. The first-order valence-corrected chi connectivity index (χ1v) is 18.2. The van der Waals surface area contributed by atoms with Gasteiger partial charge in [-0.25, -0.2) is 9.98 Å². The summed E-state index contributed by atoms with van der Waals surface area (Å²) in [7, 11) is 0. The maximum atomic E-state index is 6.50. The molecule has 54 heavy (non-hydrogen) atoms. The Balaban J connectivity index is 1.11. The van der Waals surface area contributed by atoms with Crippen molar-refractivity contribution in [3.63, 3.8) is 0 Å². The van der Waals surface area contributed by atoms with Gasteiger partial charge in [0.25, 0.3) is 0 Å². The molecule has 0 bridgehead atoms. The summed E-state index contributed by atoms with van der Waals surface area (Å²) in [5, 5.41) is 10.2. The SMILES string of the molecule is c1ccc(-c2cccc(-c3ccc4oc5cccc(C6=NC(c7cccc8oc9ccccc9c78)NC(c7ccc8ccccc8c7)=N6)c5c4c3)c2)cc1. The lowest BCUT2D eigenvalue weighted by atomic mass is 9.97. The van der Waals surface area contributed by atoms with Crippen LogP contribution in [0.15, 0.2) is 195 Å². The Morgan fingerprint density at radius 2 is 1.07 bits per heavy atom. The quantitative estimate of drug-likeness (QED) is 0.195. The first-order chi connectivity index (χ1) is 26.7. The van der Waals surface area contributed by atoms with Gasteiger partial charge in [-0.05, 0) is 75.5 Å². The lowest BCUT2D eigenvalue weighted by Crippen LogP contribution is -2.33. The Morgan fingerprint density at radius 3 is 1.96 bits per heavy atom. The molecule has 3 heterocycles.